The van der Waals surface area contributed by atoms with Crippen molar-refractivity contribution in [3.63, 3.8) is 0 Å². The molecule has 0 amide bonds. The summed E-state index contributed by atoms with van der Waals surface area (Å²) in [5, 5.41) is 9.63. The number of carboxylic acid groups (broad SMARTS) is 1. The number of aryl methyl sites for hydroxylation is 2. The largest absolute Gasteiger partial charge is 0.477 e. The molecule has 2 rings (SSSR count). The Morgan fingerprint density at radius 2 is 2.00 bits per heavy atom. The van der Waals surface area contributed by atoms with Crippen molar-refractivity contribution in [1.82, 2.24) is 4.98 Å². The first-order chi connectivity index (χ1) is 7.75. The first-order valence-corrected chi connectivity index (χ1v) is 5.79. The van der Waals surface area contributed by atoms with Gasteiger partial charge in [0, 0.05) is 6.42 Å². The number of carbonyl (C=O) groups is 1. The number of carboxylic acids is 1. The monoisotopic (exact) mass is 233 g/mol. The molecule has 0 spiro atoms. The summed E-state index contributed by atoms with van der Waals surface area (Å²) in [6.45, 7) is 0. The van der Waals surface area contributed by atoms with Gasteiger partial charge in [0.25, 0.3) is 0 Å². The highest BCUT2D eigenvalue weighted by atomic mass is 32.1. The predicted octanol–water partition coefficient (Wildman–Crippen LogP) is 2.63. The molecule has 0 radical (unpaired) electrons. The third-order valence-electron chi connectivity index (χ3n) is 2.23. The number of nitrogens with zero attached hydrogens (tertiary/aromatic N) is 1. The standard InChI is InChI=1S/C12H11NO2S/c14-12(15)10-8-13-11(16-10)7-6-9-4-2-1-3-5-9/h1-5,8H,6-7H2,(H,14,15). The van der Waals surface area contributed by atoms with Crippen LogP contribution in [0.3, 0.4) is 0 Å². The molecule has 4 heteroatoms. The van der Waals surface area contributed by atoms with E-state index in [9.17, 15) is 4.79 Å². The highest BCUT2D eigenvalue weighted by Gasteiger charge is 2.08. The fourth-order valence-electron chi connectivity index (χ4n) is 1.42. The van der Waals surface area contributed by atoms with Crippen LogP contribution >= 0.6 is 11.3 Å². The average molecular weight is 233 g/mol. The summed E-state index contributed by atoms with van der Waals surface area (Å²) in [5.41, 5.74) is 1.24. The third kappa shape index (κ3) is 2.67. The van der Waals surface area contributed by atoms with E-state index >= 15 is 0 Å². The minimum atomic E-state index is -0.900. The van der Waals surface area contributed by atoms with Gasteiger partial charge in [0.05, 0.1) is 11.2 Å². The van der Waals surface area contributed by atoms with Crippen LogP contribution in [0.4, 0.5) is 0 Å². The second-order valence-electron chi connectivity index (χ2n) is 3.41. The van der Waals surface area contributed by atoms with Crippen molar-refractivity contribution >= 4 is 17.3 Å². The summed E-state index contributed by atoms with van der Waals surface area (Å²) in [4.78, 5) is 15.1. The number of benzene rings is 1. The van der Waals surface area contributed by atoms with Crippen molar-refractivity contribution in [3.05, 3.63) is 52.0 Å². The number of rotatable bonds is 4. The van der Waals surface area contributed by atoms with Gasteiger partial charge in [0.1, 0.15) is 4.88 Å². The number of thiazole rings is 1. The summed E-state index contributed by atoms with van der Waals surface area (Å²) >= 11 is 1.25. The molecule has 2 aromatic rings. The molecular formula is C12H11NO2S. The van der Waals surface area contributed by atoms with Crippen molar-refractivity contribution in [2.75, 3.05) is 0 Å². The zero-order chi connectivity index (χ0) is 11.4. The fourth-order valence-corrected chi connectivity index (χ4v) is 2.18. The minimum absolute atomic E-state index is 0.308. The van der Waals surface area contributed by atoms with Crippen LogP contribution < -0.4 is 0 Å². The van der Waals surface area contributed by atoms with Crippen LogP contribution in [0.2, 0.25) is 0 Å². The molecule has 1 heterocycles. The van der Waals surface area contributed by atoms with Gasteiger partial charge in [-0.05, 0) is 12.0 Å². The Balaban J connectivity index is 1.97. The summed E-state index contributed by atoms with van der Waals surface area (Å²) < 4.78 is 0. The second kappa shape index (κ2) is 4.90. The second-order valence-corrected chi connectivity index (χ2v) is 4.52. The molecule has 16 heavy (non-hydrogen) atoms. The SMILES string of the molecule is O=C(O)c1cnc(CCc2ccccc2)s1. The van der Waals surface area contributed by atoms with Gasteiger partial charge >= 0.3 is 5.97 Å². The van der Waals surface area contributed by atoms with E-state index in [1.807, 2.05) is 18.2 Å². The quantitative estimate of drug-likeness (QED) is 0.883. The molecular weight excluding hydrogens is 222 g/mol. The van der Waals surface area contributed by atoms with Crippen LogP contribution in [0, 0.1) is 0 Å². The van der Waals surface area contributed by atoms with Crippen molar-refractivity contribution in [1.29, 1.82) is 0 Å². The molecule has 0 aliphatic rings. The molecule has 0 aliphatic carbocycles. The topological polar surface area (TPSA) is 50.2 Å². The van der Waals surface area contributed by atoms with Crippen molar-refractivity contribution < 1.29 is 9.90 Å². The lowest BCUT2D eigenvalue weighted by Gasteiger charge is -1.97. The molecule has 0 bridgehead atoms. The lowest BCUT2D eigenvalue weighted by Crippen LogP contribution is -1.90. The van der Waals surface area contributed by atoms with Crippen LogP contribution in [-0.2, 0) is 12.8 Å². The minimum Gasteiger partial charge on any atom is -0.477 e. The molecule has 0 aliphatic heterocycles. The summed E-state index contributed by atoms with van der Waals surface area (Å²) in [6, 6.07) is 10.1. The van der Waals surface area contributed by atoms with Gasteiger partial charge in [-0.15, -0.1) is 11.3 Å². The Morgan fingerprint density at radius 3 is 2.62 bits per heavy atom. The maximum atomic E-state index is 10.7. The number of aromatic nitrogens is 1. The Hall–Kier alpha value is -1.68. The molecule has 0 saturated heterocycles. The van der Waals surface area contributed by atoms with E-state index in [1.165, 1.54) is 23.1 Å². The van der Waals surface area contributed by atoms with Crippen molar-refractivity contribution in [3.8, 4) is 0 Å². The third-order valence-corrected chi connectivity index (χ3v) is 3.28. The Morgan fingerprint density at radius 1 is 1.25 bits per heavy atom. The maximum absolute atomic E-state index is 10.7. The number of hydrogen-bond acceptors (Lipinski definition) is 3. The molecule has 1 N–H and O–H groups in total. The first kappa shape index (κ1) is 10.8. The van der Waals surface area contributed by atoms with E-state index < -0.39 is 5.97 Å². The van der Waals surface area contributed by atoms with Gasteiger partial charge in [-0.25, -0.2) is 9.78 Å². The summed E-state index contributed by atoms with van der Waals surface area (Å²) in [7, 11) is 0. The van der Waals surface area contributed by atoms with Crippen LogP contribution in [0.25, 0.3) is 0 Å². The molecule has 0 unspecified atom stereocenters. The van der Waals surface area contributed by atoms with E-state index in [-0.39, 0.29) is 0 Å². The Kier molecular flexibility index (Phi) is 3.31. The van der Waals surface area contributed by atoms with E-state index in [1.54, 1.807) is 0 Å². The maximum Gasteiger partial charge on any atom is 0.347 e. The van der Waals surface area contributed by atoms with Gasteiger partial charge in [0.2, 0.25) is 0 Å². The molecule has 0 fully saturated rings. The van der Waals surface area contributed by atoms with Gasteiger partial charge in [-0.1, -0.05) is 30.3 Å². The summed E-state index contributed by atoms with van der Waals surface area (Å²) in [5.74, 6) is -0.900. The molecule has 1 aromatic carbocycles. The van der Waals surface area contributed by atoms with E-state index in [2.05, 4.69) is 17.1 Å². The molecule has 82 valence electrons. The van der Waals surface area contributed by atoms with Crippen LogP contribution in [0.15, 0.2) is 36.5 Å². The fraction of sp³-hybridized carbons (Fsp3) is 0.167. The molecule has 0 atom stereocenters. The number of aromatic carboxylic acids is 1. The highest BCUT2D eigenvalue weighted by molar-refractivity contribution is 7.13. The smallest absolute Gasteiger partial charge is 0.347 e. The summed E-state index contributed by atoms with van der Waals surface area (Å²) in [6.07, 6.45) is 3.11. The van der Waals surface area contributed by atoms with Crippen LogP contribution in [0.1, 0.15) is 20.2 Å². The van der Waals surface area contributed by atoms with Gasteiger partial charge in [-0.2, -0.15) is 0 Å². The molecule has 0 saturated carbocycles. The highest BCUT2D eigenvalue weighted by Crippen LogP contribution is 2.15. The molecule has 1 aromatic heterocycles. The van der Waals surface area contributed by atoms with Crippen molar-refractivity contribution in [2.45, 2.75) is 12.8 Å². The van der Waals surface area contributed by atoms with E-state index in [4.69, 9.17) is 5.11 Å². The molecule has 3 nitrogen and oxygen atoms in total. The number of hydrogen-bond donors (Lipinski definition) is 1. The first-order valence-electron chi connectivity index (χ1n) is 4.97. The normalized spacial score (nSPS) is 10.2. The van der Waals surface area contributed by atoms with Gasteiger partial charge in [0.15, 0.2) is 0 Å². The van der Waals surface area contributed by atoms with Crippen LogP contribution in [0.5, 0.6) is 0 Å². The van der Waals surface area contributed by atoms with Gasteiger partial charge < -0.3 is 5.11 Å². The van der Waals surface area contributed by atoms with Crippen molar-refractivity contribution in [2.24, 2.45) is 0 Å². The van der Waals surface area contributed by atoms with E-state index in [0.717, 1.165) is 17.8 Å². The predicted molar refractivity (Wildman–Crippen MR) is 62.9 cm³/mol. The van der Waals surface area contributed by atoms with E-state index in [0.29, 0.717) is 4.88 Å². The Labute approximate surface area is 97.4 Å². The van der Waals surface area contributed by atoms with Crippen LogP contribution in [-0.4, -0.2) is 16.1 Å². The zero-order valence-electron chi connectivity index (χ0n) is 8.59. The zero-order valence-corrected chi connectivity index (χ0v) is 9.41. The van der Waals surface area contributed by atoms with Gasteiger partial charge in [-0.3, -0.25) is 0 Å². The lowest BCUT2D eigenvalue weighted by atomic mass is 10.1. The average Bonchev–Trinajstić information content (AvgIpc) is 2.76. The lowest BCUT2D eigenvalue weighted by molar-refractivity contribution is 0.0702. The Bertz CT molecular complexity index is 479.